The van der Waals surface area contributed by atoms with Crippen LogP contribution in [-0.4, -0.2) is 53.5 Å². The third-order valence-electron chi connectivity index (χ3n) is 7.10. The average molecular weight is 373 g/mol. The number of amides is 1. The number of rotatable bonds is 4. The number of phenolic OH excluding ortho intramolecular Hbond substituents is 1. The Morgan fingerprint density at radius 2 is 1.85 bits per heavy atom. The molecule has 0 spiro atoms. The number of benzene rings is 1. The van der Waals surface area contributed by atoms with Gasteiger partial charge >= 0.3 is 0 Å². The van der Waals surface area contributed by atoms with Crippen LogP contribution in [0.25, 0.3) is 0 Å². The maximum atomic E-state index is 13.4. The lowest BCUT2D eigenvalue weighted by Gasteiger charge is -2.52. The van der Waals surface area contributed by atoms with Crippen molar-refractivity contribution in [3.05, 3.63) is 29.3 Å². The minimum Gasteiger partial charge on any atom is -0.508 e. The molecule has 2 aliphatic carbocycles. The SMILES string of the molecule is CCN(C)[C@@H]1Cc2ccc(O)cc2C(C)(C)[C@H]1N(C)C(=O)C1CCCCC1. The Morgan fingerprint density at radius 1 is 1.19 bits per heavy atom. The van der Waals surface area contributed by atoms with Crippen LogP contribution in [-0.2, 0) is 16.6 Å². The summed E-state index contributed by atoms with van der Waals surface area (Å²) in [6.07, 6.45) is 6.58. The molecular weight excluding hydrogens is 336 g/mol. The molecule has 0 aromatic heterocycles. The van der Waals surface area contributed by atoms with Crippen molar-refractivity contribution in [2.24, 2.45) is 5.92 Å². The van der Waals surface area contributed by atoms with Crippen LogP contribution < -0.4 is 0 Å². The summed E-state index contributed by atoms with van der Waals surface area (Å²) < 4.78 is 0. The molecular formula is C23H36N2O2. The molecule has 1 amide bonds. The zero-order chi connectivity index (χ0) is 19.8. The van der Waals surface area contributed by atoms with Crippen LogP contribution in [0.5, 0.6) is 5.75 Å². The quantitative estimate of drug-likeness (QED) is 0.870. The third kappa shape index (κ3) is 3.73. The lowest BCUT2D eigenvalue weighted by Crippen LogP contribution is -2.63. The topological polar surface area (TPSA) is 43.8 Å². The largest absolute Gasteiger partial charge is 0.508 e. The Balaban J connectivity index is 1.99. The van der Waals surface area contributed by atoms with Crippen LogP contribution in [0.1, 0.15) is 64.0 Å². The van der Waals surface area contributed by atoms with E-state index in [2.05, 4.69) is 43.7 Å². The van der Waals surface area contributed by atoms with E-state index in [1.54, 1.807) is 6.07 Å². The molecule has 2 aliphatic rings. The molecule has 1 fully saturated rings. The average Bonchev–Trinajstić information content (AvgIpc) is 2.67. The van der Waals surface area contributed by atoms with Gasteiger partial charge in [-0.15, -0.1) is 0 Å². The summed E-state index contributed by atoms with van der Waals surface area (Å²) in [5.41, 5.74) is 2.24. The highest BCUT2D eigenvalue weighted by molar-refractivity contribution is 5.79. The molecule has 3 rings (SSSR count). The lowest BCUT2D eigenvalue weighted by molar-refractivity contribution is -0.140. The first-order valence-electron chi connectivity index (χ1n) is 10.6. The van der Waals surface area contributed by atoms with Gasteiger partial charge in [-0.05, 0) is 56.1 Å². The Labute approximate surface area is 164 Å². The van der Waals surface area contributed by atoms with Crippen molar-refractivity contribution in [1.82, 2.24) is 9.80 Å². The van der Waals surface area contributed by atoms with Crippen molar-refractivity contribution in [2.45, 2.75) is 76.8 Å². The smallest absolute Gasteiger partial charge is 0.225 e. The Hall–Kier alpha value is -1.55. The second-order valence-electron chi connectivity index (χ2n) is 9.14. The zero-order valence-electron chi connectivity index (χ0n) is 17.7. The van der Waals surface area contributed by atoms with E-state index >= 15 is 0 Å². The molecule has 0 unspecified atom stereocenters. The summed E-state index contributed by atoms with van der Waals surface area (Å²) in [7, 11) is 4.17. The first-order valence-corrected chi connectivity index (χ1v) is 10.6. The Bertz CT molecular complexity index is 679. The number of carbonyl (C=O) groups excluding carboxylic acids is 1. The van der Waals surface area contributed by atoms with E-state index in [1.807, 2.05) is 13.1 Å². The molecule has 1 aromatic carbocycles. The standard InChI is InChI=1S/C23H36N2O2/c1-6-24(4)20-14-17-12-13-18(26)15-19(17)23(2,3)21(20)25(5)22(27)16-10-8-7-9-11-16/h12-13,15-16,20-21,26H,6-11,14H2,1-5H3/t20-,21+/m1/s1. The van der Waals surface area contributed by atoms with Crippen molar-refractivity contribution in [1.29, 1.82) is 0 Å². The number of carbonyl (C=O) groups is 1. The fourth-order valence-electron chi connectivity index (χ4n) is 5.47. The van der Waals surface area contributed by atoms with Gasteiger partial charge in [0.1, 0.15) is 5.75 Å². The molecule has 4 heteroatoms. The fourth-order valence-corrected chi connectivity index (χ4v) is 5.47. The number of fused-ring (bicyclic) bond motifs is 1. The molecule has 4 nitrogen and oxygen atoms in total. The summed E-state index contributed by atoms with van der Waals surface area (Å²) in [4.78, 5) is 17.8. The summed E-state index contributed by atoms with van der Waals surface area (Å²) >= 11 is 0. The molecule has 27 heavy (non-hydrogen) atoms. The van der Waals surface area contributed by atoms with E-state index in [0.717, 1.165) is 25.8 Å². The van der Waals surface area contributed by atoms with E-state index < -0.39 is 0 Å². The maximum absolute atomic E-state index is 13.4. The third-order valence-corrected chi connectivity index (χ3v) is 7.10. The van der Waals surface area contributed by atoms with Crippen LogP contribution in [0.2, 0.25) is 0 Å². The summed E-state index contributed by atoms with van der Waals surface area (Å²) in [6.45, 7) is 7.60. The van der Waals surface area contributed by atoms with Gasteiger partial charge in [-0.2, -0.15) is 0 Å². The van der Waals surface area contributed by atoms with E-state index in [-0.39, 0.29) is 23.4 Å². The van der Waals surface area contributed by atoms with E-state index in [9.17, 15) is 9.90 Å². The van der Waals surface area contributed by atoms with Crippen LogP contribution in [0, 0.1) is 5.92 Å². The van der Waals surface area contributed by atoms with Gasteiger partial charge in [-0.3, -0.25) is 4.79 Å². The predicted molar refractivity (Wildman–Crippen MR) is 110 cm³/mol. The van der Waals surface area contributed by atoms with Crippen LogP contribution >= 0.6 is 0 Å². The fraction of sp³-hybridized carbons (Fsp3) is 0.696. The molecule has 0 aliphatic heterocycles. The van der Waals surface area contributed by atoms with E-state index in [4.69, 9.17) is 0 Å². The van der Waals surface area contributed by atoms with Crippen molar-refractivity contribution in [3.8, 4) is 5.75 Å². The number of nitrogens with zero attached hydrogens (tertiary/aromatic N) is 2. The van der Waals surface area contributed by atoms with Gasteiger partial charge in [0.25, 0.3) is 0 Å². The number of hydrogen-bond donors (Lipinski definition) is 1. The second kappa shape index (κ2) is 7.83. The first-order chi connectivity index (χ1) is 12.8. The van der Waals surface area contributed by atoms with Gasteiger partial charge in [-0.1, -0.05) is 46.1 Å². The predicted octanol–water partition coefficient (Wildman–Crippen LogP) is 3.95. The van der Waals surface area contributed by atoms with E-state index in [0.29, 0.717) is 11.7 Å². The Morgan fingerprint density at radius 3 is 2.48 bits per heavy atom. The van der Waals surface area contributed by atoms with Gasteiger partial charge in [0, 0.05) is 24.4 Å². The van der Waals surface area contributed by atoms with E-state index in [1.165, 1.54) is 30.4 Å². The molecule has 1 saturated carbocycles. The maximum Gasteiger partial charge on any atom is 0.225 e. The van der Waals surface area contributed by atoms with Crippen molar-refractivity contribution >= 4 is 5.91 Å². The number of aromatic hydroxyl groups is 1. The first kappa shape index (κ1) is 20.2. The lowest BCUT2D eigenvalue weighted by atomic mass is 9.66. The molecule has 150 valence electrons. The monoisotopic (exact) mass is 372 g/mol. The minimum atomic E-state index is -0.223. The highest BCUT2D eigenvalue weighted by Crippen LogP contribution is 2.43. The summed E-state index contributed by atoms with van der Waals surface area (Å²) in [5.74, 6) is 0.799. The van der Waals surface area contributed by atoms with Crippen LogP contribution in [0.3, 0.4) is 0 Å². The van der Waals surface area contributed by atoms with Crippen LogP contribution in [0.15, 0.2) is 18.2 Å². The number of likely N-dealkylation sites (N-methyl/N-ethyl adjacent to an activating group) is 2. The van der Waals surface area contributed by atoms with Gasteiger partial charge < -0.3 is 14.9 Å². The van der Waals surface area contributed by atoms with Gasteiger partial charge in [0.05, 0.1) is 6.04 Å². The van der Waals surface area contributed by atoms with Crippen molar-refractivity contribution in [2.75, 3.05) is 20.6 Å². The molecule has 0 radical (unpaired) electrons. The van der Waals surface area contributed by atoms with Gasteiger partial charge in [0.15, 0.2) is 0 Å². The summed E-state index contributed by atoms with van der Waals surface area (Å²) in [6, 6.07) is 6.12. The molecule has 0 saturated heterocycles. The minimum absolute atomic E-state index is 0.0891. The van der Waals surface area contributed by atoms with Gasteiger partial charge in [-0.25, -0.2) is 0 Å². The molecule has 2 atom stereocenters. The highest BCUT2D eigenvalue weighted by Gasteiger charge is 2.47. The second-order valence-corrected chi connectivity index (χ2v) is 9.14. The van der Waals surface area contributed by atoms with Crippen molar-refractivity contribution in [3.63, 3.8) is 0 Å². The van der Waals surface area contributed by atoms with Crippen LogP contribution in [0.4, 0.5) is 0 Å². The molecule has 0 bridgehead atoms. The molecule has 1 N–H and O–H groups in total. The Kier molecular flexibility index (Phi) is 5.85. The van der Waals surface area contributed by atoms with Gasteiger partial charge in [0.2, 0.25) is 5.91 Å². The normalized spacial score (nSPS) is 25.3. The number of phenols is 1. The molecule has 0 heterocycles. The highest BCUT2D eigenvalue weighted by atomic mass is 16.3. The number of hydrogen-bond acceptors (Lipinski definition) is 3. The summed E-state index contributed by atoms with van der Waals surface area (Å²) in [5, 5.41) is 10.1. The van der Waals surface area contributed by atoms with Crippen molar-refractivity contribution < 1.29 is 9.90 Å². The molecule has 1 aromatic rings. The zero-order valence-corrected chi connectivity index (χ0v) is 17.7.